The van der Waals surface area contributed by atoms with E-state index in [-0.39, 0.29) is 77.8 Å². The molecule has 178 valence electrons. The summed E-state index contributed by atoms with van der Waals surface area (Å²) in [5, 5.41) is 12.7. The van der Waals surface area contributed by atoms with E-state index in [2.05, 4.69) is 9.37 Å². The monoisotopic (exact) mass is 586 g/mol. The van der Waals surface area contributed by atoms with Crippen LogP contribution in [0.15, 0.2) is 40.1 Å². The molecule has 0 aromatic heterocycles. The Kier molecular flexibility index (Phi) is 16.7. The van der Waals surface area contributed by atoms with Gasteiger partial charge in [-0.05, 0) is 47.0 Å². The van der Waals surface area contributed by atoms with Crippen molar-refractivity contribution < 1.29 is 106 Å². The maximum atomic E-state index is 13.1. The molecule has 0 heterocycles. The maximum absolute atomic E-state index is 13.1. The van der Waals surface area contributed by atoms with Gasteiger partial charge in [-0.15, -0.1) is 0 Å². The quantitative estimate of drug-likeness (QED) is 0.0639. The molecule has 0 fully saturated rings. The smallest absolute Gasteiger partial charge is 0.748 e. The second-order valence-corrected chi connectivity index (χ2v) is 12.3. The molecule has 0 atom stereocenters. The van der Waals surface area contributed by atoms with Crippen LogP contribution in [0.4, 0.5) is 0 Å². The zero-order valence-electron chi connectivity index (χ0n) is 18.4. The first kappa shape index (κ1) is 38.0. The van der Waals surface area contributed by atoms with Crippen molar-refractivity contribution in [2.75, 3.05) is 0 Å². The van der Waals surface area contributed by atoms with Crippen LogP contribution >= 0.6 is 35.2 Å². The van der Waals surface area contributed by atoms with Crippen LogP contribution in [0, 0.1) is 0 Å². The summed E-state index contributed by atoms with van der Waals surface area (Å²) in [6.45, 7) is 0. The van der Waals surface area contributed by atoms with E-state index in [1.165, 1.54) is 6.07 Å². The van der Waals surface area contributed by atoms with Crippen molar-refractivity contribution >= 4 is 65.3 Å². The SMILES string of the molecule is O=S(=O)([O-])Cc1cc(S(=O)(=O)c2ccc(Cl)c(CSOO[O-])c2)cc(CS(=O)(=O)[O-])c1Cl.[Li+].[Li+].[Li+]. The third-order valence-corrected chi connectivity index (χ3v) is 8.28. The molecule has 2 aromatic rings. The molecule has 20 heteroatoms. The van der Waals surface area contributed by atoms with Gasteiger partial charge in [0.2, 0.25) is 9.84 Å². The Bertz CT molecular complexity index is 1280. The maximum Gasteiger partial charge on any atom is 1.00 e. The first-order valence-electron chi connectivity index (χ1n) is 7.94. The number of hydrogen-bond acceptors (Lipinski definition) is 12. The van der Waals surface area contributed by atoms with Crippen molar-refractivity contribution in [1.82, 2.24) is 0 Å². The number of rotatable bonds is 10. The molecular weight excluding hydrogens is 576 g/mol. The number of benzene rings is 2. The summed E-state index contributed by atoms with van der Waals surface area (Å²) in [6, 6.07) is 5.06. The Morgan fingerprint density at radius 3 is 1.66 bits per heavy atom. The van der Waals surface area contributed by atoms with Crippen LogP contribution in [0.2, 0.25) is 10.0 Å². The Labute approximate surface area is 252 Å². The van der Waals surface area contributed by atoms with E-state index in [1.807, 2.05) is 0 Å². The first-order chi connectivity index (χ1) is 14.6. The average Bonchev–Trinajstić information content (AvgIpc) is 2.64. The minimum atomic E-state index is -4.94. The molecule has 0 bridgehead atoms. The fraction of sp³-hybridized carbons (Fsp3) is 0.200. The van der Waals surface area contributed by atoms with Crippen molar-refractivity contribution in [3.8, 4) is 0 Å². The van der Waals surface area contributed by atoms with Crippen molar-refractivity contribution in [1.29, 1.82) is 0 Å². The molecule has 0 unspecified atom stereocenters. The molecule has 0 saturated heterocycles. The van der Waals surface area contributed by atoms with Crippen LogP contribution in [-0.4, -0.2) is 34.4 Å². The van der Waals surface area contributed by atoms with Crippen molar-refractivity contribution in [2.45, 2.75) is 27.0 Å². The third kappa shape index (κ3) is 11.6. The summed E-state index contributed by atoms with van der Waals surface area (Å²) in [6.07, 6.45) is 0. The van der Waals surface area contributed by atoms with Crippen LogP contribution in [0.5, 0.6) is 0 Å². The second kappa shape index (κ2) is 15.4. The molecule has 11 nitrogen and oxygen atoms in total. The molecule has 0 aliphatic rings. The van der Waals surface area contributed by atoms with Gasteiger partial charge in [0.25, 0.3) is 0 Å². The molecule has 0 aliphatic heterocycles. The van der Waals surface area contributed by atoms with Gasteiger partial charge in [-0.1, -0.05) is 23.2 Å². The molecule has 0 spiro atoms. The Morgan fingerprint density at radius 2 is 1.23 bits per heavy atom. The largest absolute Gasteiger partial charge is 1.00 e. The van der Waals surface area contributed by atoms with E-state index >= 15 is 0 Å². The molecule has 0 aliphatic carbocycles. The second-order valence-electron chi connectivity index (χ2n) is 6.11. The van der Waals surface area contributed by atoms with Gasteiger partial charge in [-0.3, -0.25) is 5.04 Å². The summed E-state index contributed by atoms with van der Waals surface area (Å²) >= 11 is 12.4. The number of hydrogen-bond donors (Lipinski definition) is 0. The molecule has 35 heavy (non-hydrogen) atoms. The summed E-state index contributed by atoms with van der Waals surface area (Å²) in [4.78, 5) is -0.964. The first-order valence-corrected chi connectivity index (χ1v) is 14.2. The average molecular weight is 587 g/mol. The molecule has 0 amide bonds. The third-order valence-electron chi connectivity index (χ3n) is 3.79. The van der Waals surface area contributed by atoms with E-state index in [4.69, 9.17) is 23.2 Å². The summed E-state index contributed by atoms with van der Waals surface area (Å²) < 4.78 is 97.4. The molecule has 0 radical (unpaired) electrons. The Morgan fingerprint density at radius 1 is 0.771 bits per heavy atom. The van der Waals surface area contributed by atoms with Crippen LogP contribution in [-0.2, 0) is 56.7 Å². The molecular formula is C15H11Cl2Li3O11S4. The summed E-state index contributed by atoms with van der Waals surface area (Å²) in [7, 11) is -14.3. The number of halogens is 2. The molecule has 0 saturated carbocycles. The molecule has 2 rings (SSSR count). The van der Waals surface area contributed by atoms with Gasteiger partial charge in [-0.25, -0.2) is 25.3 Å². The topological polar surface area (TPSA) is 190 Å². The van der Waals surface area contributed by atoms with Gasteiger partial charge in [0.05, 0.1) is 41.5 Å². The van der Waals surface area contributed by atoms with Crippen molar-refractivity contribution in [2.24, 2.45) is 0 Å². The summed E-state index contributed by atoms with van der Waals surface area (Å²) in [5.41, 5.74) is -0.771. The van der Waals surface area contributed by atoms with Gasteiger partial charge in [0, 0.05) is 27.8 Å². The zero-order chi connectivity index (χ0) is 24.3. The number of sulfone groups is 1. The van der Waals surface area contributed by atoms with Crippen LogP contribution in [0.3, 0.4) is 0 Å². The zero-order valence-corrected chi connectivity index (χ0v) is 23.2. The standard InChI is InChI=1S/C15H14Cl2O11S4.3Li/c16-14-2-1-12(3-9(14)6-29-28-27-18)32(25,26)13-4-10(7-30(19,20)21)15(17)11(5-13)8-31(22,23)24;;;/h1-5,18H,6-8H2,(H,19,20,21)(H,22,23,24);;;/q;3*+1/p-3. The Hall–Kier alpha value is 0.812. The van der Waals surface area contributed by atoms with E-state index in [1.54, 1.807) is 0 Å². The van der Waals surface area contributed by atoms with Gasteiger partial charge in [0.1, 0.15) is 0 Å². The van der Waals surface area contributed by atoms with Gasteiger partial charge in [-0.2, -0.15) is 4.33 Å². The molecule has 0 N–H and O–H groups in total. The van der Waals surface area contributed by atoms with E-state index < -0.39 is 62.6 Å². The minimum absolute atomic E-state index is 0. The van der Waals surface area contributed by atoms with Crippen LogP contribution < -0.4 is 61.8 Å². The molecule has 2 aromatic carbocycles. The van der Waals surface area contributed by atoms with E-state index in [0.29, 0.717) is 12.0 Å². The van der Waals surface area contributed by atoms with Crippen LogP contribution in [0.25, 0.3) is 0 Å². The predicted molar refractivity (Wildman–Crippen MR) is 109 cm³/mol. The Balaban J connectivity index is 0. The predicted octanol–water partition coefficient (Wildman–Crippen LogP) is -7.70. The minimum Gasteiger partial charge on any atom is -0.748 e. The fourth-order valence-electron chi connectivity index (χ4n) is 2.54. The van der Waals surface area contributed by atoms with Crippen LogP contribution in [0.1, 0.15) is 16.7 Å². The normalized spacial score (nSPS) is 11.7. The van der Waals surface area contributed by atoms with Gasteiger partial charge in [0.15, 0.2) is 0 Å². The van der Waals surface area contributed by atoms with Gasteiger partial charge >= 0.3 is 56.6 Å². The van der Waals surface area contributed by atoms with E-state index in [9.17, 15) is 39.6 Å². The van der Waals surface area contributed by atoms with Crippen molar-refractivity contribution in [3.63, 3.8) is 0 Å². The van der Waals surface area contributed by atoms with E-state index in [0.717, 1.165) is 24.3 Å². The summed E-state index contributed by atoms with van der Waals surface area (Å²) in [5.74, 6) is -2.57. The van der Waals surface area contributed by atoms with Crippen molar-refractivity contribution in [3.05, 3.63) is 57.1 Å². The fourth-order valence-corrected chi connectivity index (χ4v) is 6.28. The van der Waals surface area contributed by atoms with Gasteiger partial charge < -0.3 is 14.4 Å².